The second kappa shape index (κ2) is 8.18. The van der Waals surface area contributed by atoms with Gasteiger partial charge in [-0.2, -0.15) is 9.78 Å². The number of nitrogens with zero attached hydrogens (tertiary/aromatic N) is 7. The number of nitro benzene ring substituents is 2. The van der Waals surface area contributed by atoms with Crippen LogP contribution in [0.25, 0.3) is 5.69 Å². The third kappa shape index (κ3) is 4.24. The van der Waals surface area contributed by atoms with E-state index in [-0.39, 0.29) is 17.8 Å². The van der Waals surface area contributed by atoms with Crippen molar-refractivity contribution in [2.24, 2.45) is 5.10 Å². The van der Waals surface area contributed by atoms with E-state index in [9.17, 15) is 20.2 Å². The van der Waals surface area contributed by atoms with Crippen LogP contribution in [0.2, 0.25) is 5.02 Å². The van der Waals surface area contributed by atoms with Crippen molar-refractivity contribution in [2.45, 2.75) is 6.42 Å². The maximum atomic E-state index is 11.1. The molecule has 0 atom stereocenters. The van der Waals surface area contributed by atoms with Crippen LogP contribution in [-0.2, 0) is 6.42 Å². The molecule has 1 N–H and O–H groups in total. The quantitative estimate of drug-likeness (QED) is 0.359. The van der Waals surface area contributed by atoms with Crippen LogP contribution in [0.3, 0.4) is 0 Å². The number of anilines is 1. The zero-order chi connectivity index (χ0) is 20.1. The monoisotopic (exact) mass is 402 g/mol. The van der Waals surface area contributed by atoms with Crippen molar-refractivity contribution < 1.29 is 9.85 Å². The van der Waals surface area contributed by atoms with Gasteiger partial charge in [-0.05, 0) is 40.8 Å². The van der Waals surface area contributed by atoms with Gasteiger partial charge in [-0.3, -0.25) is 25.7 Å². The van der Waals surface area contributed by atoms with Crippen LogP contribution in [0, 0.1) is 20.2 Å². The minimum absolute atomic E-state index is 0.0177. The molecule has 0 fully saturated rings. The molecule has 142 valence electrons. The van der Waals surface area contributed by atoms with Crippen LogP contribution in [-0.4, -0.2) is 36.3 Å². The molecule has 0 aliphatic heterocycles. The standard InChI is InChI=1S/C15H11ClN8O4/c16-10-1-3-11(4-2-10)22-15(19-20-21-22)7-8-17-18-13-6-5-12(23(25)26)9-14(13)24(27)28/h1-6,8-9,18H,7H2/b17-8+. The number of benzene rings is 2. The van der Waals surface area contributed by atoms with Gasteiger partial charge in [-0.1, -0.05) is 11.6 Å². The number of tetrazole rings is 1. The average Bonchev–Trinajstić information content (AvgIpc) is 3.14. The Labute approximate surface area is 161 Å². The molecule has 1 aromatic heterocycles. The Morgan fingerprint density at radius 3 is 2.57 bits per heavy atom. The van der Waals surface area contributed by atoms with Crippen LogP contribution >= 0.6 is 11.6 Å². The maximum absolute atomic E-state index is 11.1. The molecular formula is C15H11ClN8O4. The van der Waals surface area contributed by atoms with E-state index in [1.165, 1.54) is 17.0 Å². The van der Waals surface area contributed by atoms with Crippen molar-refractivity contribution in [1.82, 2.24) is 20.2 Å². The molecule has 0 saturated heterocycles. The summed E-state index contributed by atoms with van der Waals surface area (Å²) in [6, 6.07) is 10.1. The van der Waals surface area contributed by atoms with E-state index in [4.69, 9.17) is 11.6 Å². The summed E-state index contributed by atoms with van der Waals surface area (Å²) in [5, 5.41) is 37.7. The normalized spacial score (nSPS) is 10.9. The Balaban J connectivity index is 1.72. The van der Waals surface area contributed by atoms with E-state index >= 15 is 0 Å². The van der Waals surface area contributed by atoms with Gasteiger partial charge in [0.25, 0.3) is 5.69 Å². The summed E-state index contributed by atoms with van der Waals surface area (Å²) < 4.78 is 1.50. The van der Waals surface area contributed by atoms with E-state index in [1.54, 1.807) is 24.3 Å². The highest BCUT2D eigenvalue weighted by molar-refractivity contribution is 6.30. The number of halogens is 1. The number of nitrogens with one attached hydrogen (secondary N) is 1. The number of nitro groups is 2. The fourth-order valence-corrected chi connectivity index (χ4v) is 2.36. The van der Waals surface area contributed by atoms with Gasteiger partial charge in [-0.25, -0.2) is 0 Å². The van der Waals surface area contributed by atoms with E-state index in [0.29, 0.717) is 16.5 Å². The molecule has 3 aromatic rings. The zero-order valence-corrected chi connectivity index (χ0v) is 14.7. The van der Waals surface area contributed by atoms with E-state index in [2.05, 4.69) is 26.1 Å². The third-order valence-electron chi connectivity index (χ3n) is 3.54. The van der Waals surface area contributed by atoms with Gasteiger partial charge in [0.15, 0.2) is 5.82 Å². The predicted molar refractivity (Wildman–Crippen MR) is 99.7 cm³/mol. The van der Waals surface area contributed by atoms with Crippen LogP contribution in [0.4, 0.5) is 17.1 Å². The highest BCUT2D eigenvalue weighted by atomic mass is 35.5. The lowest BCUT2D eigenvalue weighted by Crippen LogP contribution is -2.04. The lowest BCUT2D eigenvalue weighted by molar-refractivity contribution is -0.393. The molecule has 0 saturated carbocycles. The Kier molecular flexibility index (Phi) is 5.50. The van der Waals surface area contributed by atoms with Crippen LogP contribution in [0.1, 0.15) is 5.82 Å². The summed E-state index contributed by atoms with van der Waals surface area (Å²) in [5.74, 6) is 0.478. The molecule has 0 amide bonds. The van der Waals surface area contributed by atoms with Gasteiger partial charge in [0.05, 0.1) is 21.6 Å². The van der Waals surface area contributed by atoms with Gasteiger partial charge in [0.1, 0.15) is 5.69 Å². The topological polar surface area (TPSA) is 154 Å². The van der Waals surface area contributed by atoms with Gasteiger partial charge in [0.2, 0.25) is 0 Å². The molecule has 0 spiro atoms. The second-order valence-corrected chi connectivity index (χ2v) is 5.76. The first kappa shape index (κ1) is 18.8. The molecule has 2 aromatic carbocycles. The Hall–Kier alpha value is -3.93. The largest absolute Gasteiger partial charge is 0.301 e. The third-order valence-corrected chi connectivity index (χ3v) is 3.80. The lowest BCUT2D eigenvalue weighted by Gasteiger charge is -2.03. The minimum Gasteiger partial charge on any atom is -0.272 e. The van der Waals surface area contributed by atoms with Crippen LogP contribution in [0.5, 0.6) is 0 Å². The Bertz CT molecular complexity index is 1050. The van der Waals surface area contributed by atoms with Crippen LogP contribution < -0.4 is 5.43 Å². The predicted octanol–water partition coefficient (Wildman–Crippen LogP) is 2.77. The fourth-order valence-electron chi connectivity index (χ4n) is 2.24. The number of rotatable bonds is 7. The van der Waals surface area contributed by atoms with Crippen molar-refractivity contribution >= 4 is 34.9 Å². The lowest BCUT2D eigenvalue weighted by atomic mass is 10.2. The van der Waals surface area contributed by atoms with Gasteiger partial charge in [-0.15, -0.1) is 5.10 Å². The maximum Gasteiger partial charge on any atom is 0.301 e. The molecule has 0 aliphatic rings. The Morgan fingerprint density at radius 1 is 1.14 bits per heavy atom. The first-order valence-electron chi connectivity index (χ1n) is 7.69. The summed E-state index contributed by atoms with van der Waals surface area (Å²) in [6.45, 7) is 0. The summed E-state index contributed by atoms with van der Waals surface area (Å²) >= 11 is 5.86. The smallest absolute Gasteiger partial charge is 0.272 e. The van der Waals surface area contributed by atoms with E-state index in [0.717, 1.165) is 12.1 Å². The number of hydrogen-bond acceptors (Lipinski definition) is 9. The van der Waals surface area contributed by atoms with Crippen molar-refractivity contribution in [3.05, 3.63) is 73.5 Å². The van der Waals surface area contributed by atoms with Crippen molar-refractivity contribution in [2.75, 3.05) is 5.43 Å². The molecule has 28 heavy (non-hydrogen) atoms. The molecule has 0 bridgehead atoms. The highest BCUT2D eigenvalue weighted by Crippen LogP contribution is 2.28. The summed E-state index contributed by atoms with van der Waals surface area (Å²) in [5.41, 5.74) is 2.38. The minimum atomic E-state index is -0.730. The van der Waals surface area contributed by atoms with Crippen LogP contribution in [0.15, 0.2) is 47.6 Å². The number of non-ortho nitro benzene ring substituents is 1. The summed E-state index contributed by atoms with van der Waals surface area (Å²) in [7, 11) is 0. The number of hydrogen-bond donors (Lipinski definition) is 1. The van der Waals surface area contributed by atoms with Crippen molar-refractivity contribution in [1.29, 1.82) is 0 Å². The molecule has 1 heterocycles. The second-order valence-electron chi connectivity index (χ2n) is 5.33. The van der Waals surface area contributed by atoms with Crippen molar-refractivity contribution in [3.63, 3.8) is 0 Å². The molecule has 12 nitrogen and oxygen atoms in total. The zero-order valence-electron chi connectivity index (χ0n) is 14.0. The van der Waals surface area contributed by atoms with Gasteiger partial charge >= 0.3 is 5.69 Å². The van der Waals surface area contributed by atoms with Gasteiger partial charge in [0, 0.05) is 23.7 Å². The molecule has 0 radical (unpaired) electrons. The molecule has 0 unspecified atom stereocenters. The average molecular weight is 403 g/mol. The highest BCUT2D eigenvalue weighted by Gasteiger charge is 2.19. The van der Waals surface area contributed by atoms with E-state index in [1.807, 2.05) is 0 Å². The van der Waals surface area contributed by atoms with E-state index < -0.39 is 15.5 Å². The van der Waals surface area contributed by atoms with Crippen molar-refractivity contribution in [3.8, 4) is 5.69 Å². The molecular weight excluding hydrogens is 392 g/mol. The molecule has 0 aliphatic carbocycles. The molecule has 13 heteroatoms. The SMILES string of the molecule is O=[N+]([O-])c1ccc(N/N=C/Cc2nnnn2-c2ccc(Cl)cc2)c([N+](=O)[O-])c1. The number of hydrazone groups is 1. The molecule has 3 rings (SSSR count). The first-order chi connectivity index (χ1) is 13.5. The Morgan fingerprint density at radius 2 is 1.89 bits per heavy atom. The number of aromatic nitrogens is 4. The summed E-state index contributed by atoms with van der Waals surface area (Å²) in [4.78, 5) is 20.4. The summed E-state index contributed by atoms with van der Waals surface area (Å²) in [6.07, 6.45) is 1.65. The first-order valence-corrected chi connectivity index (χ1v) is 8.07. The fraction of sp³-hybridized carbons (Fsp3) is 0.0667. The van der Waals surface area contributed by atoms with Gasteiger partial charge < -0.3 is 0 Å².